The van der Waals surface area contributed by atoms with Crippen molar-refractivity contribution in [3.63, 3.8) is 0 Å². The summed E-state index contributed by atoms with van der Waals surface area (Å²) in [6.07, 6.45) is 3.91. The van der Waals surface area contributed by atoms with Crippen LogP contribution in [0.1, 0.15) is 23.2 Å². The first kappa shape index (κ1) is 26.4. The summed E-state index contributed by atoms with van der Waals surface area (Å²) in [5, 5.41) is 10.6. The summed E-state index contributed by atoms with van der Waals surface area (Å²) in [4.78, 5) is 23.8. The molecule has 0 aliphatic carbocycles. The number of methoxy groups -OCH3 is 2. The number of carbonyl (C=O) groups is 1. The summed E-state index contributed by atoms with van der Waals surface area (Å²) in [7, 11) is -0.974. The summed E-state index contributed by atoms with van der Waals surface area (Å²) in [6, 6.07) is 15.1. The molecule has 10 nitrogen and oxygen atoms in total. The van der Waals surface area contributed by atoms with Crippen molar-refractivity contribution in [3.05, 3.63) is 72.6 Å². The van der Waals surface area contributed by atoms with E-state index in [9.17, 15) is 18.3 Å². The predicted molar refractivity (Wildman–Crippen MR) is 146 cm³/mol. The Morgan fingerprint density at radius 2 is 1.82 bits per heavy atom. The molecule has 3 heterocycles. The molecular weight excluding hydrogens is 520 g/mol. The number of anilines is 1. The van der Waals surface area contributed by atoms with Gasteiger partial charge < -0.3 is 19.5 Å². The van der Waals surface area contributed by atoms with Gasteiger partial charge in [-0.25, -0.2) is 13.4 Å². The summed E-state index contributed by atoms with van der Waals surface area (Å²) < 4.78 is 39.5. The Balaban J connectivity index is 1.54. The number of aliphatic hydroxyl groups is 1. The zero-order valence-corrected chi connectivity index (χ0v) is 22.3. The summed E-state index contributed by atoms with van der Waals surface area (Å²) in [6.45, 7) is 0.815. The maximum atomic E-state index is 13.3. The second-order valence-corrected chi connectivity index (χ2v) is 10.9. The lowest BCUT2D eigenvalue weighted by Gasteiger charge is -2.30. The Kier molecular flexibility index (Phi) is 7.36. The third kappa shape index (κ3) is 5.36. The van der Waals surface area contributed by atoms with Crippen molar-refractivity contribution < 1.29 is 27.8 Å². The number of likely N-dealkylation sites (tertiary alicyclic amines) is 1. The Bertz CT molecular complexity index is 1630. The molecule has 0 saturated carbocycles. The number of nitrogens with zero attached hydrogens (tertiary/aromatic N) is 3. The topological polar surface area (TPSA) is 131 Å². The van der Waals surface area contributed by atoms with E-state index in [4.69, 9.17) is 9.47 Å². The van der Waals surface area contributed by atoms with Crippen LogP contribution in [-0.2, 0) is 10.0 Å². The normalized spacial score (nSPS) is 15.7. The molecule has 1 aliphatic heterocycles. The molecule has 1 aliphatic rings. The number of amides is 1. The minimum absolute atomic E-state index is 0.109. The van der Waals surface area contributed by atoms with Gasteiger partial charge in [0.2, 0.25) is 5.88 Å². The summed E-state index contributed by atoms with van der Waals surface area (Å²) in [5.41, 5.74) is 2.42. The van der Waals surface area contributed by atoms with Crippen LogP contribution in [0.5, 0.6) is 11.6 Å². The van der Waals surface area contributed by atoms with Gasteiger partial charge in [-0.2, -0.15) is 0 Å². The van der Waals surface area contributed by atoms with Gasteiger partial charge in [-0.15, -0.1) is 0 Å². The zero-order chi connectivity index (χ0) is 27.6. The molecule has 39 heavy (non-hydrogen) atoms. The van der Waals surface area contributed by atoms with Crippen LogP contribution in [0.2, 0.25) is 0 Å². The number of hydrogen-bond donors (Lipinski definition) is 2. The number of aromatic nitrogens is 2. The number of hydrogen-bond acceptors (Lipinski definition) is 8. The molecule has 2 aromatic heterocycles. The maximum Gasteiger partial charge on any atom is 0.262 e. The fourth-order valence-corrected chi connectivity index (χ4v) is 5.75. The highest BCUT2D eigenvalue weighted by atomic mass is 32.2. The molecule has 1 fully saturated rings. The fraction of sp³-hybridized carbons (Fsp3) is 0.250. The molecule has 11 heteroatoms. The molecule has 1 unspecified atom stereocenters. The van der Waals surface area contributed by atoms with Gasteiger partial charge in [0.1, 0.15) is 17.0 Å². The van der Waals surface area contributed by atoms with Gasteiger partial charge in [0.15, 0.2) is 0 Å². The van der Waals surface area contributed by atoms with E-state index in [1.807, 2.05) is 12.1 Å². The van der Waals surface area contributed by atoms with Crippen LogP contribution in [0.15, 0.2) is 71.9 Å². The van der Waals surface area contributed by atoms with E-state index in [1.165, 1.54) is 32.5 Å². The SMILES string of the molecule is COc1ncc(-c2ccc3ncc(C(=O)N4CCCC(O)C4)c(OC)c3c2)cc1NS(=O)(=O)c1ccccc1. The number of ether oxygens (including phenoxy) is 2. The van der Waals surface area contributed by atoms with Crippen LogP contribution in [0, 0.1) is 0 Å². The second kappa shape index (κ2) is 10.9. The van der Waals surface area contributed by atoms with Crippen molar-refractivity contribution in [3.8, 4) is 22.8 Å². The Morgan fingerprint density at radius 3 is 2.54 bits per heavy atom. The molecule has 1 saturated heterocycles. The summed E-state index contributed by atoms with van der Waals surface area (Å²) >= 11 is 0. The van der Waals surface area contributed by atoms with Crippen molar-refractivity contribution in [1.82, 2.24) is 14.9 Å². The Hall–Kier alpha value is -4.22. The number of rotatable bonds is 7. The number of sulfonamides is 1. The van der Waals surface area contributed by atoms with Crippen molar-refractivity contribution in [2.45, 2.75) is 23.8 Å². The third-order valence-corrected chi connectivity index (χ3v) is 7.99. The number of benzene rings is 2. The number of carbonyl (C=O) groups excluding carboxylic acids is 1. The lowest BCUT2D eigenvalue weighted by atomic mass is 10.0. The highest BCUT2D eigenvalue weighted by Gasteiger charge is 2.27. The van der Waals surface area contributed by atoms with Gasteiger partial charge in [-0.1, -0.05) is 24.3 Å². The number of fused-ring (bicyclic) bond motifs is 1. The average Bonchev–Trinajstić information content (AvgIpc) is 2.96. The molecule has 0 spiro atoms. The second-order valence-electron chi connectivity index (χ2n) is 9.18. The number of piperidine rings is 1. The minimum Gasteiger partial charge on any atom is -0.495 e. The van der Waals surface area contributed by atoms with Crippen LogP contribution in [-0.4, -0.2) is 67.7 Å². The van der Waals surface area contributed by atoms with Crippen LogP contribution < -0.4 is 14.2 Å². The highest BCUT2D eigenvalue weighted by molar-refractivity contribution is 7.92. The molecule has 0 bridgehead atoms. The predicted octanol–water partition coefficient (Wildman–Crippen LogP) is 3.71. The van der Waals surface area contributed by atoms with E-state index in [-0.39, 0.29) is 28.9 Å². The molecule has 1 atom stereocenters. The smallest absolute Gasteiger partial charge is 0.262 e. The van der Waals surface area contributed by atoms with Crippen LogP contribution in [0.3, 0.4) is 0 Å². The fourth-order valence-electron chi connectivity index (χ4n) is 4.68. The first-order valence-electron chi connectivity index (χ1n) is 12.4. The molecular formula is C28H28N4O6S. The molecule has 4 aromatic rings. The first-order chi connectivity index (χ1) is 18.8. The van der Waals surface area contributed by atoms with E-state index in [1.54, 1.807) is 41.4 Å². The quantitative estimate of drug-likeness (QED) is 0.357. The monoisotopic (exact) mass is 548 g/mol. The number of pyridine rings is 2. The average molecular weight is 549 g/mol. The molecule has 202 valence electrons. The van der Waals surface area contributed by atoms with Crippen LogP contribution in [0.25, 0.3) is 22.0 Å². The lowest BCUT2D eigenvalue weighted by Crippen LogP contribution is -2.42. The largest absolute Gasteiger partial charge is 0.495 e. The van der Waals surface area contributed by atoms with Gasteiger partial charge >= 0.3 is 0 Å². The Morgan fingerprint density at radius 1 is 1.03 bits per heavy atom. The van der Waals surface area contributed by atoms with Crippen molar-refractivity contribution in [2.24, 2.45) is 0 Å². The van der Waals surface area contributed by atoms with Gasteiger partial charge in [0.05, 0.1) is 30.7 Å². The van der Waals surface area contributed by atoms with E-state index >= 15 is 0 Å². The minimum atomic E-state index is -3.88. The number of nitrogens with one attached hydrogen (secondary N) is 1. The molecule has 1 amide bonds. The summed E-state index contributed by atoms with van der Waals surface area (Å²) in [5.74, 6) is 0.238. The van der Waals surface area contributed by atoms with Crippen LogP contribution >= 0.6 is 0 Å². The molecule has 2 aromatic carbocycles. The molecule has 0 radical (unpaired) electrons. The van der Waals surface area contributed by atoms with Gasteiger partial charge in [-0.3, -0.25) is 14.5 Å². The van der Waals surface area contributed by atoms with Crippen LogP contribution in [0.4, 0.5) is 5.69 Å². The molecule has 2 N–H and O–H groups in total. The van der Waals surface area contributed by atoms with E-state index in [0.29, 0.717) is 46.3 Å². The van der Waals surface area contributed by atoms with Crippen molar-refractivity contribution in [2.75, 3.05) is 32.0 Å². The lowest BCUT2D eigenvalue weighted by molar-refractivity contribution is 0.0471. The zero-order valence-electron chi connectivity index (χ0n) is 21.5. The van der Waals surface area contributed by atoms with Gasteiger partial charge in [0, 0.05) is 36.4 Å². The molecule has 5 rings (SSSR count). The van der Waals surface area contributed by atoms with Gasteiger partial charge in [-0.05, 0) is 48.7 Å². The Labute approximate surface area is 226 Å². The highest BCUT2D eigenvalue weighted by Crippen LogP contribution is 2.35. The number of aliphatic hydroxyl groups excluding tert-OH is 1. The van der Waals surface area contributed by atoms with Crippen molar-refractivity contribution in [1.29, 1.82) is 0 Å². The van der Waals surface area contributed by atoms with E-state index < -0.39 is 16.1 Å². The van der Waals surface area contributed by atoms with E-state index in [0.717, 1.165) is 6.42 Å². The number of β-amino-alcohol motifs (C(OH)–C–C–N with tert-alkyl or cyclic N) is 1. The third-order valence-electron chi connectivity index (χ3n) is 6.61. The van der Waals surface area contributed by atoms with E-state index in [2.05, 4.69) is 14.7 Å². The maximum absolute atomic E-state index is 13.3. The first-order valence-corrected chi connectivity index (χ1v) is 13.9. The van der Waals surface area contributed by atoms with Crippen molar-refractivity contribution >= 4 is 32.5 Å². The standard InChI is InChI=1S/C28H28N4O6S/c1-37-26-22-13-18(10-11-24(22)29-16-23(26)28(34)32-12-6-7-20(33)17-32)19-14-25(27(38-2)30-15-19)31-39(35,36)21-8-4-3-5-9-21/h3-5,8-11,13-16,20,31,33H,6-7,12,17H2,1-2H3. The van der Waals surface area contributed by atoms with Gasteiger partial charge in [0.25, 0.3) is 15.9 Å².